The number of hydrogen-bond donors (Lipinski definition) is 0. The van der Waals surface area contributed by atoms with Gasteiger partial charge in [0.1, 0.15) is 24.6 Å². The van der Waals surface area contributed by atoms with E-state index in [0.717, 1.165) is 72.0 Å². The Kier molecular flexibility index (Phi) is 6.37. The summed E-state index contributed by atoms with van der Waals surface area (Å²) in [6, 6.07) is 19.4. The van der Waals surface area contributed by atoms with Crippen molar-refractivity contribution in [3.8, 4) is 33.9 Å². The second kappa shape index (κ2) is 9.99. The maximum absolute atomic E-state index is 13.2. The zero-order chi connectivity index (χ0) is 26.2. The van der Waals surface area contributed by atoms with E-state index in [1.165, 1.54) is 0 Å². The van der Waals surface area contributed by atoms with Crippen LogP contribution < -0.4 is 14.9 Å². The van der Waals surface area contributed by atoms with E-state index < -0.39 is 0 Å². The monoisotopic (exact) mass is 510 g/mol. The molecule has 0 bridgehead atoms. The SMILES string of the molecule is CC(=O)N1CCN(Cc2ccc3oc(-c4cccc(-c5ccc6c(c5)OCCO6)c4C)cc(=O)c3c2)CC1. The molecule has 38 heavy (non-hydrogen) atoms. The van der Waals surface area contributed by atoms with Gasteiger partial charge in [0.25, 0.3) is 0 Å². The summed E-state index contributed by atoms with van der Waals surface area (Å²) in [6.07, 6.45) is 0. The molecule has 1 amide bonds. The smallest absolute Gasteiger partial charge is 0.219 e. The molecule has 1 saturated heterocycles. The normalized spacial score (nSPS) is 15.6. The first-order valence-corrected chi connectivity index (χ1v) is 13.0. The molecule has 0 spiro atoms. The Morgan fingerprint density at radius 1 is 0.868 bits per heavy atom. The fourth-order valence-electron chi connectivity index (χ4n) is 5.34. The predicted octanol–water partition coefficient (Wildman–Crippen LogP) is 4.87. The molecule has 3 heterocycles. The number of amides is 1. The Hall–Kier alpha value is -4.10. The summed E-state index contributed by atoms with van der Waals surface area (Å²) in [5.41, 5.74) is 5.53. The van der Waals surface area contributed by atoms with Gasteiger partial charge < -0.3 is 18.8 Å². The van der Waals surface area contributed by atoms with Gasteiger partial charge >= 0.3 is 0 Å². The zero-order valence-electron chi connectivity index (χ0n) is 21.7. The van der Waals surface area contributed by atoms with E-state index in [9.17, 15) is 9.59 Å². The van der Waals surface area contributed by atoms with E-state index >= 15 is 0 Å². The number of carbonyl (C=O) groups excluding carboxylic acids is 1. The van der Waals surface area contributed by atoms with E-state index in [1.54, 1.807) is 13.0 Å². The molecule has 3 aromatic carbocycles. The zero-order valence-corrected chi connectivity index (χ0v) is 21.7. The number of benzene rings is 3. The summed E-state index contributed by atoms with van der Waals surface area (Å²) >= 11 is 0. The summed E-state index contributed by atoms with van der Waals surface area (Å²) < 4.78 is 17.7. The van der Waals surface area contributed by atoms with Gasteiger partial charge in [0.2, 0.25) is 5.91 Å². The van der Waals surface area contributed by atoms with Gasteiger partial charge in [0, 0.05) is 51.3 Å². The fourth-order valence-corrected chi connectivity index (χ4v) is 5.34. The van der Waals surface area contributed by atoms with Gasteiger partial charge in [-0.05, 0) is 53.4 Å². The number of piperazine rings is 1. The Morgan fingerprint density at radius 2 is 1.63 bits per heavy atom. The first-order valence-electron chi connectivity index (χ1n) is 13.0. The van der Waals surface area contributed by atoms with Gasteiger partial charge in [-0.15, -0.1) is 0 Å². The highest BCUT2D eigenvalue weighted by Crippen LogP contribution is 2.38. The molecule has 194 valence electrons. The van der Waals surface area contributed by atoms with Crippen molar-refractivity contribution in [2.45, 2.75) is 20.4 Å². The quantitative estimate of drug-likeness (QED) is 0.390. The molecule has 1 fully saturated rings. The van der Waals surface area contributed by atoms with Gasteiger partial charge in [-0.1, -0.05) is 30.3 Å². The van der Waals surface area contributed by atoms with Gasteiger partial charge in [-0.25, -0.2) is 0 Å². The minimum atomic E-state index is -0.0615. The fraction of sp³-hybridized carbons (Fsp3) is 0.290. The van der Waals surface area contributed by atoms with Crippen molar-refractivity contribution in [1.82, 2.24) is 9.80 Å². The summed E-state index contributed by atoms with van der Waals surface area (Å²) in [6.45, 7) is 8.60. The third-order valence-corrected chi connectivity index (χ3v) is 7.47. The maximum Gasteiger partial charge on any atom is 0.219 e. The van der Waals surface area contributed by atoms with E-state index in [-0.39, 0.29) is 11.3 Å². The van der Waals surface area contributed by atoms with Gasteiger partial charge in [0.05, 0.1) is 5.39 Å². The number of fused-ring (bicyclic) bond motifs is 2. The molecule has 0 atom stereocenters. The Labute approximate surface area is 221 Å². The van der Waals surface area contributed by atoms with Gasteiger partial charge in [0.15, 0.2) is 16.9 Å². The highest BCUT2D eigenvalue weighted by atomic mass is 16.6. The lowest BCUT2D eigenvalue weighted by Crippen LogP contribution is -2.47. The van der Waals surface area contributed by atoms with Crippen molar-refractivity contribution in [3.63, 3.8) is 0 Å². The van der Waals surface area contributed by atoms with Crippen LogP contribution in [0, 0.1) is 6.92 Å². The second-order valence-electron chi connectivity index (χ2n) is 9.92. The molecule has 2 aliphatic rings. The Balaban J connectivity index is 1.28. The van der Waals surface area contributed by atoms with E-state index in [1.807, 2.05) is 60.4 Å². The standard InChI is InChI=1S/C31H30N2O5/c1-20-24(23-7-9-29-31(17-23)37-15-14-36-29)4-3-5-25(20)30-18-27(35)26-16-22(6-8-28(26)38-30)19-32-10-12-33(13-11-32)21(2)34/h3-9,16-18H,10-15,19H2,1-2H3. The van der Waals surface area contributed by atoms with Crippen LogP contribution in [0.4, 0.5) is 0 Å². The van der Waals surface area contributed by atoms with Crippen LogP contribution in [0.25, 0.3) is 33.4 Å². The van der Waals surface area contributed by atoms with Crippen LogP contribution >= 0.6 is 0 Å². The number of ether oxygens (including phenoxy) is 2. The summed E-state index contributed by atoms with van der Waals surface area (Å²) in [4.78, 5) is 29.0. The van der Waals surface area contributed by atoms with E-state index in [4.69, 9.17) is 13.9 Å². The molecule has 0 aliphatic carbocycles. The van der Waals surface area contributed by atoms with Gasteiger partial charge in [-0.3, -0.25) is 14.5 Å². The maximum atomic E-state index is 13.2. The molecule has 1 aromatic heterocycles. The third-order valence-electron chi connectivity index (χ3n) is 7.47. The van der Waals surface area contributed by atoms with Crippen LogP contribution in [0.5, 0.6) is 11.5 Å². The van der Waals surface area contributed by atoms with Crippen molar-refractivity contribution in [1.29, 1.82) is 0 Å². The minimum Gasteiger partial charge on any atom is -0.486 e. The average molecular weight is 511 g/mol. The molecule has 7 heteroatoms. The van der Waals surface area contributed by atoms with Crippen LogP contribution in [0.15, 0.2) is 69.9 Å². The Morgan fingerprint density at radius 3 is 2.42 bits per heavy atom. The topological polar surface area (TPSA) is 72.2 Å². The van der Waals surface area contributed by atoms with Crippen LogP contribution in [-0.4, -0.2) is 55.1 Å². The van der Waals surface area contributed by atoms with Crippen molar-refractivity contribution in [3.05, 3.63) is 82.0 Å². The highest BCUT2D eigenvalue weighted by molar-refractivity contribution is 5.82. The molecular formula is C31H30N2O5. The molecule has 6 rings (SSSR count). The highest BCUT2D eigenvalue weighted by Gasteiger charge is 2.20. The van der Waals surface area contributed by atoms with Crippen LogP contribution in [-0.2, 0) is 11.3 Å². The largest absolute Gasteiger partial charge is 0.486 e. The lowest BCUT2D eigenvalue weighted by atomic mass is 9.94. The second-order valence-corrected chi connectivity index (χ2v) is 9.92. The van der Waals surface area contributed by atoms with Gasteiger partial charge in [-0.2, -0.15) is 0 Å². The lowest BCUT2D eigenvalue weighted by Gasteiger charge is -2.34. The number of rotatable bonds is 4. The first kappa shape index (κ1) is 24.2. The number of nitrogens with zero attached hydrogens (tertiary/aromatic N) is 2. The van der Waals surface area contributed by atoms with E-state index in [2.05, 4.69) is 11.0 Å². The molecule has 4 aromatic rings. The molecule has 2 aliphatic heterocycles. The Bertz CT molecular complexity index is 1580. The summed E-state index contributed by atoms with van der Waals surface area (Å²) in [5, 5.41) is 0.578. The number of hydrogen-bond acceptors (Lipinski definition) is 6. The third kappa shape index (κ3) is 4.65. The molecule has 0 radical (unpaired) electrons. The van der Waals surface area contributed by atoms with E-state index in [0.29, 0.717) is 29.9 Å². The average Bonchev–Trinajstić information content (AvgIpc) is 2.93. The number of carbonyl (C=O) groups is 1. The first-order chi connectivity index (χ1) is 18.5. The van der Waals surface area contributed by atoms with Crippen molar-refractivity contribution >= 4 is 16.9 Å². The summed E-state index contributed by atoms with van der Waals surface area (Å²) in [7, 11) is 0. The molecule has 0 saturated carbocycles. The molecule has 7 nitrogen and oxygen atoms in total. The molecule has 0 unspecified atom stereocenters. The molecular weight excluding hydrogens is 480 g/mol. The van der Waals surface area contributed by atoms with Crippen molar-refractivity contribution in [2.24, 2.45) is 0 Å². The van der Waals surface area contributed by atoms with Crippen LogP contribution in [0.2, 0.25) is 0 Å². The lowest BCUT2D eigenvalue weighted by molar-refractivity contribution is -0.130. The van der Waals surface area contributed by atoms with Crippen molar-refractivity contribution < 1.29 is 18.7 Å². The van der Waals surface area contributed by atoms with Crippen molar-refractivity contribution in [2.75, 3.05) is 39.4 Å². The summed E-state index contributed by atoms with van der Waals surface area (Å²) in [5.74, 6) is 2.17. The van der Waals surface area contributed by atoms with Crippen LogP contribution in [0.1, 0.15) is 18.1 Å². The minimum absolute atomic E-state index is 0.0615. The molecule has 0 N–H and O–H groups in total. The van der Waals surface area contributed by atoms with Crippen LogP contribution in [0.3, 0.4) is 0 Å². The predicted molar refractivity (Wildman–Crippen MR) is 147 cm³/mol.